The van der Waals surface area contributed by atoms with Gasteiger partial charge in [0.25, 0.3) is 0 Å². The van der Waals surface area contributed by atoms with Gasteiger partial charge < -0.3 is 20.1 Å². The van der Waals surface area contributed by atoms with Crippen LogP contribution in [0.1, 0.15) is 111 Å². The maximum Gasteiger partial charge on any atom is 0.0658 e. The molecular formula is C30H50O4. The second-order valence-corrected chi connectivity index (χ2v) is 12.4. The standard InChI is InChI=1S/C30H50O4/c1-5-29(33,6-2)15-8-18-34-21(3)24-12-13-25-23(9-7-14-28(24,25)4)11-10-22-19-26(31)30(16-17-30)27(32)20-22/h10-11,21,24-27,31-33H,5-9,12-20H2,1-4H3/b22-10?,23-11+/t21?,24?,25?,26-,27?,28?/m1/s1. The Morgan fingerprint density at radius 3 is 2.35 bits per heavy atom. The highest BCUT2D eigenvalue weighted by atomic mass is 16.5. The molecule has 4 rings (SSSR count). The quantitative estimate of drug-likeness (QED) is 0.354. The SMILES string of the molecule is CCC(O)(CC)CCCOC(C)C1CCC2/C(=C/C=C3CC(O)C4(CC4)[C@H](O)C3)CCCC21C. The van der Waals surface area contributed by atoms with Crippen LogP contribution in [0.2, 0.25) is 0 Å². The lowest BCUT2D eigenvalue weighted by Gasteiger charge is -2.44. The van der Waals surface area contributed by atoms with E-state index in [9.17, 15) is 15.3 Å². The molecule has 0 amide bonds. The molecule has 6 atom stereocenters. The highest BCUT2D eigenvalue weighted by Gasteiger charge is 2.56. The lowest BCUT2D eigenvalue weighted by Crippen LogP contribution is -2.39. The smallest absolute Gasteiger partial charge is 0.0658 e. The average molecular weight is 475 g/mol. The Morgan fingerprint density at radius 2 is 1.74 bits per heavy atom. The van der Waals surface area contributed by atoms with Crippen molar-refractivity contribution in [3.05, 3.63) is 23.3 Å². The molecule has 0 aliphatic heterocycles. The zero-order valence-electron chi connectivity index (χ0n) is 22.2. The third-order valence-electron chi connectivity index (χ3n) is 10.7. The summed E-state index contributed by atoms with van der Waals surface area (Å²) in [6.07, 6.45) is 17.0. The molecule has 4 heteroatoms. The normalized spacial score (nSPS) is 38.4. The van der Waals surface area contributed by atoms with E-state index in [0.29, 0.717) is 17.3 Å². The molecule has 0 bridgehead atoms. The highest BCUT2D eigenvalue weighted by Crippen LogP contribution is 2.59. The molecular weight excluding hydrogens is 424 g/mol. The number of aliphatic hydroxyl groups is 3. The first kappa shape index (κ1) is 26.4. The van der Waals surface area contributed by atoms with Crippen LogP contribution < -0.4 is 0 Å². The van der Waals surface area contributed by atoms with Gasteiger partial charge >= 0.3 is 0 Å². The largest absolute Gasteiger partial charge is 0.392 e. The van der Waals surface area contributed by atoms with Gasteiger partial charge in [-0.25, -0.2) is 0 Å². The first-order valence-electron chi connectivity index (χ1n) is 14.3. The Bertz CT molecular complexity index is 746. The molecule has 0 aromatic carbocycles. The summed E-state index contributed by atoms with van der Waals surface area (Å²) in [6, 6.07) is 0. The van der Waals surface area contributed by atoms with E-state index in [-0.39, 0.29) is 23.7 Å². The molecule has 194 valence electrons. The minimum absolute atomic E-state index is 0.186. The summed E-state index contributed by atoms with van der Waals surface area (Å²) in [4.78, 5) is 0. The van der Waals surface area contributed by atoms with Gasteiger partial charge in [0.1, 0.15) is 0 Å². The molecule has 0 saturated heterocycles. The van der Waals surface area contributed by atoms with E-state index in [2.05, 4.69) is 39.8 Å². The number of allylic oxidation sites excluding steroid dienone is 3. The predicted octanol–water partition coefficient (Wildman–Crippen LogP) is 6.09. The Labute approximate surface area is 207 Å². The summed E-state index contributed by atoms with van der Waals surface area (Å²) in [6.45, 7) is 9.63. The molecule has 0 heterocycles. The van der Waals surface area contributed by atoms with E-state index >= 15 is 0 Å². The van der Waals surface area contributed by atoms with Gasteiger partial charge in [-0.1, -0.05) is 44.1 Å². The van der Waals surface area contributed by atoms with Crippen molar-refractivity contribution in [1.29, 1.82) is 0 Å². The van der Waals surface area contributed by atoms with Crippen molar-refractivity contribution in [2.45, 2.75) is 135 Å². The van der Waals surface area contributed by atoms with Crippen LogP contribution in [0, 0.1) is 22.7 Å². The first-order valence-corrected chi connectivity index (χ1v) is 14.3. The summed E-state index contributed by atoms with van der Waals surface area (Å²) in [5.74, 6) is 1.20. The van der Waals surface area contributed by atoms with Crippen LogP contribution in [0.15, 0.2) is 23.3 Å². The summed E-state index contributed by atoms with van der Waals surface area (Å²) in [5.41, 5.74) is 2.36. The number of aliphatic hydroxyl groups excluding tert-OH is 2. The molecule has 0 aromatic heterocycles. The third kappa shape index (κ3) is 5.08. The number of fused-ring (bicyclic) bond motifs is 1. The predicted molar refractivity (Wildman–Crippen MR) is 137 cm³/mol. The molecule has 0 aromatic rings. The van der Waals surface area contributed by atoms with E-state index in [1.54, 1.807) is 5.57 Å². The van der Waals surface area contributed by atoms with Gasteiger partial charge in [0.15, 0.2) is 0 Å². The molecule has 4 aliphatic carbocycles. The molecule has 4 aliphatic rings. The third-order valence-corrected chi connectivity index (χ3v) is 10.7. The summed E-state index contributed by atoms with van der Waals surface area (Å²) >= 11 is 0. The van der Waals surface area contributed by atoms with E-state index in [1.165, 1.54) is 37.7 Å². The molecule has 3 N–H and O–H groups in total. The Balaban J connectivity index is 1.35. The fourth-order valence-corrected chi connectivity index (χ4v) is 7.82. The average Bonchev–Trinajstić information content (AvgIpc) is 3.55. The van der Waals surface area contributed by atoms with Gasteiger partial charge in [-0.05, 0) is 108 Å². The number of hydrogen-bond acceptors (Lipinski definition) is 4. The van der Waals surface area contributed by atoms with Crippen LogP contribution in [-0.2, 0) is 4.74 Å². The molecule has 5 unspecified atom stereocenters. The van der Waals surface area contributed by atoms with E-state index < -0.39 is 5.60 Å². The van der Waals surface area contributed by atoms with Crippen LogP contribution in [0.5, 0.6) is 0 Å². The second kappa shape index (κ2) is 10.4. The van der Waals surface area contributed by atoms with Crippen LogP contribution in [0.4, 0.5) is 0 Å². The maximum atomic E-state index is 10.6. The molecule has 4 fully saturated rings. The van der Waals surface area contributed by atoms with Crippen LogP contribution in [0.3, 0.4) is 0 Å². The maximum absolute atomic E-state index is 10.6. The zero-order valence-corrected chi connectivity index (χ0v) is 22.2. The molecule has 4 nitrogen and oxygen atoms in total. The van der Waals surface area contributed by atoms with E-state index in [4.69, 9.17) is 4.74 Å². The zero-order chi connectivity index (χ0) is 24.6. The first-order chi connectivity index (χ1) is 16.2. The number of hydrogen-bond donors (Lipinski definition) is 3. The van der Waals surface area contributed by atoms with Crippen LogP contribution >= 0.6 is 0 Å². The fraction of sp³-hybridized carbons (Fsp3) is 0.867. The van der Waals surface area contributed by atoms with Crippen molar-refractivity contribution in [2.24, 2.45) is 22.7 Å². The minimum Gasteiger partial charge on any atom is -0.392 e. The Morgan fingerprint density at radius 1 is 1.06 bits per heavy atom. The van der Waals surface area contributed by atoms with E-state index in [0.717, 1.165) is 58.0 Å². The number of ether oxygens (including phenoxy) is 1. The topological polar surface area (TPSA) is 69.9 Å². The summed E-state index contributed by atoms with van der Waals surface area (Å²) in [5, 5.41) is 31.7. The summed E-state index contributed by atoms with van der Waals surface area (Å²) in [7, 11) is 0. The Kier molecular flexibility index (Phi) is 8.04. The molecule has 4 saturated carbocycles. The van der Waals surface area contributed by atoms with Crippen molar-refractivity contribution in [3.8, 4) is 0 Å². The highest BCUT2D eigenvalue weighted by molar-refractivity contribution is 5.28. The van der Waals surface area contributed by atoms with Gasteiger partial charge in [0.2, 0.25) is 0 Å². The van der Waals surface area contributed by atoms with Gasteiger partial charge in [0, 0.05) is 12.0 Å². The van der Waals surface area contributed by atoms with Gasteiger partial charge in [-0.15, -0.1) is 0 Å². The van der Waals surface area contributed by atoms with Crippen molar-refractivity contribution in [2.75, 3.05) is 6.61 Å². The number of rotatable bonds is 9. The van der Waals surface area contributed by atoms with Crippen molar-refractivity contribution in [3.63, 3.8) is 0 Å². The Hall–Kier alpha value is -0.680. The molecule has 34 heavy (non-hydrogen) atoms. The molecule has 1 spiro atoms. The monoisotopic (exact) mass is 474 g/mol. The van der Waals surface area contributed by atoms with Crippen LogP contribution in [0.25, 0.3) is 0 Å². The lowest BCUT2D eigenvalue weighted by atomic mass is 9.62. The van der Waals surface area contributed by atoms with Crippen molar-refractivity contribution in [1.82, 2.24) is 0 Å². The summed E-state index contributed by atoms with van der Waals surface area (Å²) < 4.78 is 6.37. The minimum atomic E-state index is -0.529. The molecule has 0 radical (unpaired) electrons. The van der Waals surface area contributed by atoms with Gasteiger partial charge in [-0.3, -0.25) is 0 Å². The van der Waals surface area contributed by atoms with Crippen LogP contribution in [-0.4, -0.2) is 45.8 Å². The van der Waals surface area contributed by atoms with Gasteiger partial charge in [0.05, 0.1) is 23.9 Å². The lowest BCUT2D eigenvalue weighted by molar-refractivity contribution is -0.0366. The van der Waals surface area contributed by atoms with Crippen molar-refractivity contribution < 1.29 is 20.1 Å². The van der Waals surface area contributed by atoms with Gasteiger partial charge in [-0.2, -0.15) is 0 Å². The van der Waals surface area contributed by atoms with E-state index in [1.807, 2.05) is 0 Å². The fourth-order valence-electron chi connectivity index (χ4n) is 7.82. The van der Waals surface area contributed by atoms with Crippen molar-refractivity contribution >= 4 is 0 Å². The second-order valence-electron chi connectivity index (χ2n) is 12.4.